The highest BCUT2D eigenvalue weighted by Crippen LogP contribution is 2.54. The minimum absolute atomic E-state index is 0.0106. The lowest BCUT2D eigenvalue weighted by atomic mass is 9.78. The molecule has 42 heavy (non-hydrogen) atoms. The molecule has 4 aromatic carbocycles. The number of phenolic OH excluding ortho intramolecular Hbond substituents is 8. The van der Waals surface area contributed by atoms with Gasteiger partial charge in [0.2, 0.25) is 0 Å². The van der Waals surface area contributed by atoms with Gasteiger partial charge < -0.3 is 60.5 Å². The fourth-order valence-corrected chi connectivity index (χ4v) is 5.67. The van der Waals surface area contributed by atoms with E-state index in [4.69, 9.17) is 9.47 Å². The van der Waals surface area contributed by atoms with Crippen LogP contribution in [0.1, 0.15) is 45.9 Å². The Bertz CT molecular complexity index is 1690. The van der Waals surface area contributed by atoms with Crippen LogP contribution in [0.3, 0.4) is 0 Å². The zero-order valence-corrected chi connectivity index (χ0v) is 21.6. The number of hydrogen-bond donors (Lipinski definition) is 10. The number of aliphatic hydroxyl groups is 2. The van der Waals surface area contributed by atoms with Gasteiger partial charge in [-0.15, -0.1) is 0 Å². The van der Waals surface area contributed by atoms with Crippen LogP contribution in [0.4, 0.5) is 0 Å². The summed E-state index contributed by atoms with van der Waals surface area (Å²) in [6.07, 6.45) is -5.29. The van der Waals surface area contributed by atoms with E-state index >= 15 is 0 Å². The molecule has 5 atom stereocenters. The Morgan fingerprint density at radius 1 is 0.571 bits per heavy atom. The lowest BCUT2D eigenvalue weighted by Crippen LogP contribution is -2.35. The van der Waals surface area contributed by atoms with E-state index in [-0.39, 0.29) is 45.9 Å². The van der Waals surface area contributed by atoms with E-state index in [1.165, 1.54) is 42.5 Å². The molecule has 0 bridgehead atoms. The topological polar surface area (TPSA) is 221 Å². The first-order valence-electron chi connectivity index (χ1n) is 12.8. The summed E-state index contributed by atoms with van der Waals surface area (Å²) in [6, 6.07) is 11.4. The Labute approximate surface area is 237 Å². The molecule has 12 nitrogen and oxygen atoms in total. The molecule has 0 spiro atoms. The zero-order valence-electron chi connectivity index (χ0n) is 21.6. The van der Waals surface area contributed by atoms with Crippen molar-refractivity contribution in [1.82, 2.24) is 0 Å². The predicted molar refractivity (Wildman–Crippen MR) is 143 cm³/mol. The van der Waals surface area contributed by atoms with Gasteiger partial charge in [0.1, 0.15) is 34.9 Å². The fourth-order valence-electron chi connectivity index (χ4n) is 5.67. The third-order valence-electron chi connectivity index (χ3n) is 7.70. The summed E-state index contributed by atoms with van der Waals surface area (Å²) in [6.45, 7) is 0. The molecular formula is C30H26O12. The smallest absolute Gasteiger partial charge is 0.200 e. The van der Waals surface area contributed by atoms with Gasteiger partial charge in [-0.25, -0.2) is 0 Å². The van der Waals surface area contributed by atoms with Crippen LogP contribution in [0.25, 0.3) is 0 Å². The lowest BCUT2D eigenvalue weighted by molar-refractivity contribution is 0.00658. The van der Waals surface area contributed by atoms with Gasteiger partial charge in [-0.3, -0.25) is 0 Å². The lowest BCUT2D eigenvalue weighted by Gasteiger charge is -2.39. The van der Waals surface area contributed by atoms with E-state index in [1.807, 2.05) is 0 Å². The van der Waals surface area contributed by atoms with Crippen molar-refractivity contribution in [1.29, 1.82) is 0 Å². The number of aromatic hydroxyl groups is 8. The van der Waals surface area contributed by atoms with E-state index < -0.39 is 70.6 Å². The summed E-state index contributed by atoms with van der Waals surface area (Å²) in [5.74, 6) is -4.99. The Morgan fingerprint density at radius 2 is 1.24 bits per heavy atom. The van der Waals surface area contributed by atoms with E-state index in [9.17, 15) is 51.1 Å². The Hall–Kier alpha value is -5.20. The number of benzene rings is 4. The summed E-state index contributed by atoms with van der Waals surface area (Å²) in [5.41, 5.74) is 0.693. The normalized spacial score (nSPS) is 22.9. The first kappa shape index (κ1) is 27.0. The standard InChI is InChI=1S/C30H26O12/c31-13-2-3-14-22(8-13)42-30(11-1-4-16(32)17(33)5-11)28(40)24(14)25-18(34)10-23-15(26(25)38)9-21(37)29(41-23)12-6-19(35)27(39)20(36)7-12/h1-8,10,21,24,28-40H,9H2/t21-,24-,28-,29+,30+/m0/s1. The van der Waals surface area contributed by atoms with Gasteiger partial charge >= 0.3 is 0 Å². The van der Waals surface area contributed by atoms with Gasteiger partial charge in [0.05, 0.1) is 6.10 Å². The van der Waals surface area contributed by atoms with Crippen LogP contribution in [0.15, 0.2) is 54.6 Å². The maximum absolute atomic E-state index is 11.6. The number of aliphatic hydroxyl groups excluding tert-OH is 2. The van der Waals surface area contributed by atoms with Crippen LogP contribution >= 0.6 is 0 Å². The average molecular weight is 579 g/mol. The number of phenols is 8. The molecule has 218 valence electrons. The Balaban J connectivity index is 1.45. The van der Waals surface area contributed by atoms with Crippen molar-refractivity contribution in [3.05, 3.63) is 82.4 Å². The minimum Gasteiger partial charge on any atom is -0.508 e. The quantitative estimate of drug-likeness (QED) is 0.159. The first-order valence-corrected chi connectivity index (χ1v) is 12.8. The molecule has 0 saturated carbocycles. The average Bonchev–Trinajstić information content (AvgIpc) is 2.94. The number of hydrogen-bond acceptors (Lipinski definition) is 12. The van der Waals surface area contributed by atoms with Crippen LogP contribution in [0, 0.1) is 0 Å². The van der Waals surface area contributed by atoms with E-state index in [0.29, 0.717) is 5.56 Å². The summed E-state index contributed by atoms with van der Waals surface area (Å²) in [7, 11) is 0. The van der Waals surface area contributed by atoms with Gasteiger partial charge in [-0.2, -0.15) is 0 Å². The van der Waals surface area contributed by atoms with Crippen molar-refractivity contribution >= 4 is 0 Å². The largest absolute Gasteiger partial charge is 0.508 e. The molecule has 10 N–H and O–H groups in total. The number of fused-ring (bicyclic) bond motifs is 2. The second kappa shape index (κ2) is 9.72. The Kier molecular flexibility index (Phi) is 6.24. The minimum atomic E-state index is -1.47. The van der Waals surface area contributed by atoms with E-state index in [1.54, 1.807) is 0 Å². The van der Waals surface area contributed by atoms with Crippen LogP contribution < -0.4 is 9.47 Å². The third-order valence-corrected chi connectivity index (χ3v) is 7.70. The third kappa shape index (κ3) is 4.24. The molecule has 0 aromatic heterocycles. The second-order valence-corrected chi connectivity index (χ2v) is 10.3. The van der Waals surface area contributed by atoms with E-state index in [0.717, 1.165) is 12.1 Å². The molecule has 0 unspecified atom stereocenters. The van der Waals surface area contributed by atoms with Crippen molar-refractivity contribution < 1.29 is 60.5 Å². The molecule has 2 aliphatic rings. The Morgan fingerprint density at radius 3 is 1.93 bits per heavy atom. The monoisotopic (exact) mass is 578 g/mol. The van der Waals surface area contributed by atoms with Crippen molar-refractivity contribution in [2.75, 3.05) is 0 Å². The van der Waals surface area contributed by atoms with Gasteiger partial charge in [-0.1, -0.05) is 12.1 Å². The van der Waals surface area contributed by atoms with Crippen LogP contribution in [-0.4, -0.2) is 63.3 Å². The highest BCUT2D eigenvalue weighted by Gasteiger charge is 2.44. The van der Waals surface area contributed by atoms with E-state index in [2.05, 4.69) is 0 Å². The molecule has 6 rings (SSSR count). The summed E-state index contributed by atoms with van der Waals surface area (Å²) in [4.78, 5) is 0. The van der Waals surface area contributed by atoms with Gasteiger partial charge in [-0.05, 0) is 35.9 Å². The molecule has 2 aliphatic heterocycles. The summed E-state index contributed by atoms with van der Waals surface area (Å²) < 4.78 is 11.8. The maximum Gasteiger partial charge on any atom is 0.200 e. The fraction of sp³-hybridized carbons (Fsp3) is 0.200. The molecule has 0 fully saturated rings. The SMILES string of the molecule is Oc1ccc2c(c1)O[C@H](c1ccc(O)c(O)c1)[C@@H](O)[C@@H]2c1c(O)cc2c(c1O)C[C@H](O)[C@@H](c1cc(O)c(O)c(O)c1)O2. The molecule has 12 heteroatoms. The number of ether oxygens (including phenoxy) is 2. The second-order valence-electron chi connectivity index (χ2n) is 10.3. The van der Waals surface area contributed by atoms with Crippen molar-refractivity contribution in [2.45, 2.75) is 36.8 Å². The number of rotatable bonds is 3. The first-order chi connectivity index (χ1) is 19.9. The predicted octanol–water partition coefficient (Wildman–Crippen LogP) is 3.00. The molecule has 0 saturated heterocycles. The zero-order chi connectivity index (χ0) is 30.0. The van der Waals surface area contributed by atoms with Gasteiger partial charge in [0, 0.05) is 46.7 Å². The molecule has 2 heterocycles. The molecule has 0 radical (unpaired) electrons. The van der Waals surface area contributed by atoms with Gasteiger partial charge in [0.25, 0.3) is 0 Å². The van der Waals surface area contributed by atoms with Crippen LogP contribution in [0.2, 0.25) is 0 Å². The molecular weight excluding hydrogens is 552 g/mol. The highest BCUT2D eigenvalue weighted by atomic mass is 16.5. The highest BCUT2D eigenvalue weighted by molar-refractivity contribution is 5.63. The molecule has 4 aromatic rings. The van der Waals surface area contributed by atoms with Crippen molar-refractivity contribution in [3.8, 4) is 57.5 Å². The van der Waals surface area contributed by atoms with Crippen molar-refractivity contribution in [3.63, 3.8) is 0 Å². The van der Waals surface area contributed by atoms with Gasteiger partial charge in [0.15, 0.2) is 41.0 Å². The molecule has 0 aliphatic carbocycles. The summed E-state index contributed by atoms with van der Waals surface area (Å²) in [5, 5.41) is 105. The van der Waals surface area contributed by atoms with Crippen LogP contribution in [0.5, 0.6) is 57.5 Å². The molecule has 0 amide bonds. The summed E-state index contributed by atoms with van der Waals surface area (Å²) >= 11 is 0. The van der Waals surface area contributed by atoms with Crippen LogP contribution in [-0.2, 0) is 6.42 Å². The maximum atomic E-state index is 11.6. The van der Waals surface area contributed by atoms with Crippen molar-refractivity contribution in [2.24, 2.45) is 0 Å².